The van der Waals surface area contributed by atoms with E-state index in [-0.39, 0.29) is 11.9 Å². The maximum absolute atomic E-state index is 13.7. The largest absolute Gasteiger partial charge is 0.489 e. The first kappa shape index (κ1) is 15.3. The maximum atomic E-state index is 13.7. The molecule has 1 heterocycles. The van der Waals surface area contributed by atoms with Gasteiger partial charge in [0.2, 0.25) is 0 Å². The fourth-order valence-corrected chi connectivity index (χ4v) is 2.46. The minimum Gasteiger partial charge on any atom is -0.489 e. The van der Waals surface area contributed by atoms with Gasteiger partial charge in [-0.15, -0.1) is 0 Å². The topological polar surface area (TPSA) is 30.5 Å². The normalized spacial score (nSPS) is 20.1. The molecule has 0 radical (unpaired) electrons. The van der Waals surface area contributed by atoms with Crippen molar-refractivity contribution in [2.24, 2.45) is 5.92 Å². The number of benzene rings is 1. The highest BCUT2D eigenvalue weighted by atomic mass is 19.1. The van der Waals surface area contributed by atoms with Gasteiger partial charge in [-0.25, -0.2) is 4.39 Å². The van der Waals surface area contributed by atoms with Gasteiger partial charge in [-0.05, 0) is 44.0 Å². The van der Waals surface area contributed by atoms with Crippen LogP contribution in [0.2, 0.25) is 0 Å². The van der Waals surface area contributed by atoms with Gasteiger partial charge in [0, 0.05) is 18.6 Å². The fraction of sp³-hybridized carbons (Fsp3) is 0.625. The molecule has 112 valence electrons. The van der Waals surface area contributed by atoms with Crippen molar-refractivity contribution in [2.75, 3.05) is 26.4 Å². The molecular weight excluding hydrogens is 257 g/mol. The Labute approximate surface area is 120 Å². The molecule has 1 saturated heterocycles. The van der Waals surface area contributed by atoms with Gasteiger partial charge in [0.05, 0.1) is 6.61 Å². The molecule has 1 aromatic carbocycles. The monoisotopic (exact) mass is 281 g/mol. The molecule has 0 spiro atoms. The highest BCUT2D eigenvalue weighted by molar-refractivity contribution is 5.29. The lowest BCUT2D eigenvalue weighted by atomic mass is 9.99. The SMILES string of the molecule is CCCNC(COc1cc(C)ccc1F)C1CCOC1. The third kappa shape index (κ3) is 4.18. The molecule has 0 amide bonds. The van der Waals surface area contributed by atoms with Crippen LogP contribution < -0.4 is 10.1 Å². The molecule has 0 aliphatic carbocycles. The molecule has 4 heteroatoms. The standard InChI is InChI=1S/C16H24FNO2/c1-3-7-18-15(13-6-8-19-10-13)11-20-16-9-12(2)4-5-14(16)17/h4-5,9,13,15,18H,3,6-8,10-11H2,1-2H3. The number of rotatable bonds is 7. The Balaban J connectivity index is 1.94. The van der Waals surface area contributed by atoms with Crippen LogP contribution in [0.3, 0.4) is 0 Å². The molecule has 1 aliphatic heterocycles. The first-order valence-corrected chi connectivity index (χ1v) is 7.40. The Bertz CT molecular complexity index is 419. The molecule has 2 rings (SSSR count). The molecule has 1 N–H and O–H groups in total. The van der Waals surface area contributed by atoms with Gasteiger partial charge in [0.15, 0.2) is 11.6 Å². The van der Waals surface area contributed by atoms with E-state index >= 15 is 0 Å². The van der Waals surface area contributed by atoms with Crippen LogP contribution in [-0.4, -0.2) is 32.4 Å². The molecule has 2 unspecified atom stereocenters. The second kappa shape index (κ2) is 7.60. The molecule has 3 nitrogen and oxygen atoms in total. The summed E-state index contributed by atoms with van der Waals surface area (Å²) in [5, 5.41) is 3.49. The summed E-state index contributed by atoms with van der Waals surface area (Å²) < 4.78 is 24.8. The Morgan fingerprint density at radius 3 is 3.05 bits per heavy atom. The zero-order valence-corrected chi connectivity index (χ0v) is 12.3. The highest BCUT2D eigenvalue weighted by Crippen LogP contribution is 2.21. The average Bonchev–Trinajstić information content (AvgIpc) is 2.96. The average molecular weight is 281 g/mol. The Morgan fingerprint density at radius 1 is 1.50 bits per heavy atom. The summed E-state index contributed by atoms with van der Waals surface area (Å²) >= 11 is 0. The van der Waals surface area contributed by atoms with Gasteiger partial charge in [0.1, 0.15) is 6.61 Å². The van der Waals surface area contributed by atoms with E-state index in [4.69, 9.17) is 9.47 Å². The molecule has 2 atom stereocenters. The second-order valence-corrected chi connectivity index (χ2v) is 5.43. The molecule has 0 bridgehead atoms. The van der Waals surface area contributed by atoms with Crippen molar-refractivity contribution in [2.45, 2.75) is 32.7 Å². The highest BCUT2D eigenvalue weighted by Gasteiger charge is 2.26. The lowest BCUT2D eigenvalue weighted by Gasteiger charge is -2.24. The maximum Gasteiger partial charge on any atom is 0.165 e. The number of aryl methyl sites for hydroxylation is 1. The number of halogens is 1. The van der Waals surface area contributed by atoms with Gasteiger partial charge in [-0.1, -0.05) is 13.0 Å². The van der Waals surface area contributed by atoms with Gasteiger partial charge in [-0.2, -0.15) is 0 Å². The zero-order valence-electron chi connectivity index (χ0n) is 12.3. The number of hydrogen-bond donors (Lipinski definition) is 1. The summed E-state index contributed by atoms with van der Waals surface area (Å²) in [4.78, 5) is 0. The summed E-state index contributed by atoms with van der Waals surface area (Å²) in [6, 6.07) is 5.17. The van der Waals surface area contributed by atoms with Crippen molar-refractivity contribution in [1.82, 2.24) is 5.32 Å². The van der Waals surface area contributed by atoms with Gasteiger partial charge in [0.25, 0.3) is 0 Å². The van der Waals surface area contributed by atoms with Gasteiger partial charge >= 0.3 is 0 Å². The Kier molecular flexibility index (Phi) is 5.80. The van der Waals surface area contributed by atoms with Gasteiger partial charge < -0.3 is 14.8 Å². The molecular formula is C16H24FNO2. The molecule has 0 saturated carbocycles. The Hall–Kier alpha value is -1.13. The minimum absolute atomic E-state index is 0.220. The van der Waals surface area contributed by atoms with Crippen molar-refractivity contribution in [1.29, 1.82) is 0 Å². The molecule has 1 aromatic rings. The van der Waals surface area contributed by atoms with Crippen molar-refractivity contribution in [3.8, 4) is 5.75 Å². The summed E-state index contributed by atoms with van der Waals surface area (Å²) in [7, 11) is 0. The van der Waals surface area contributed by atoms with E-state index in [9.17, 15) is 4.39 Å². The second-order valence-electron chi connectivity index (χ2n) is 5.43. The van der Waals surface area contributed by atoms with E-state index in [0.717, 1.165) is 38.2 Å². The van der Waals surface area contributed by atoms with Crippen molar-refractivity contribution >= 4 is 0 Å². The predicted octanol–water partition coefficient (Wildman–Crippen LogP) is 2.92. The summed E-state index contributed by atoms with van der Waals surface area (Å²) in [5.74, 6) is 0.495. The van der Waals surface area contributed by atoms with Crippen LogP contribution in [0.1, 0.15) is 25.3 Å². The lowest BCUT2D eigenvalue weighted by molar-refractivity contribution is 0.159. The van der Waals surface area contributed by atoms with Crippen LogP contribution in [0, 0.1) is 18.7 Å². The van der Waals surface area contributed by atoms with Crippen LogP contribution in [0.15, 0.2) is 18.2 Å². The molecule has 0 aromatic heterocycles. The van der Waals surface area contributed by atoms with Crippen LogP contribution in [0.4, 0.5) is 4.39 Å². The summed E-state index contributed by atoms with van der Waals surface area (Å²) in [5.41, 5.74) is 1.00. The van der Waals surface area contributed by atoms with Crippen LogP contribution in [-0.2, 0) is 4.74 Å². The number of ether oxygens (including phenoxy) is 2. The van der Waals surface area contributed by atoms with E-state index in [1.54, 1.807) is 12.1 Å². The third-order valence-electron chi connectivity index (χ3n) is 3.70. The first-order chi connectivity index (χ1) is 9.70. The quantitative estimate of drug-likeness (QED) is 0.833. The lowest BCUT2D eigenvalue weighted by Crippen LogP contribution is -2.41. The molecule has 20 heavy (non-hydrogen) atoms. The fourth-order valence-electron chi connectivity index (χ4n) is 2.46. The molecule has 1 aliphatic rings. The predicted molar refractivity (Wildman–Crippen MR) is 77.6 cm³/mol. The van der Waals surface area contributed by atoms with Crippen LogP contribution in [0.5, 0.6) is 5.75 Å². The van der Waals surface area contributed by atoms with Crippen LogP contribution in [0.25, 0.3) is 0 Å². The van der Waals surface area contributed by atoms with Crippen LogP contribution >= 0.6 is 0 Å². The van der Waals surface area contributed by atoms with E-state index in [1.165, 1.54) is 6.07 Å². The summed E-state index contributed by atoms with van der Waals surface area (Å²) in [6.45, 7) is 7.07. The number of nitrogens with one attached hydrogen (secondary N) is 1. The first-order valence-electron chi connectivity index (χ1n) is 7.40. The van der Waals surface area contributed by atoms with E-state index in [2.05, 4.69) is 12.2 Å². The van der Waals surface area contributed by atoms with E-state index in [0.29, 0.717) is 18.3 Å². The van der Waals surface area contributed by atoms with E-state index < -0.39 is 0 Å². The van der Waals surface area contributed by atoms with Crippen molar-refractivity contribution < 1.29 is 13.9 Å². The minimum atomic E-state index is -0.299. The zero-order chi connectivity index (χ0) is 14.4. The summed E-state index contributed by atoms with van der Waals surface area (Å²) in [6.07, 6.45) is 2.12. The van der Waals surface area contributed by atoms with Gasteiger partial charge in [-0.3, -0.25) is 0 Å². The third-order valence-corrected chi connectivity index (χ3v) is 3.70. The smallest absolute Gasteiger partial charge is 0.165 e. The van der Waals surface area contributed by atoms with Crippen molar-refractivity contribution in [3.63, 3.8) is 0 Å². The van der Waals surface area contributed by atoms with Crippen molar-refractivity contribution in [3.05, 3.63) is 29.6 Å². The van der Waals surface area contributed by atoms with E-state index in [1.807, 2.05) is 6.92 Å². The number of hydrogen-bond acceptors (Lipinski definition) is 3. The Morgan fingerprint density at radius 2 is 2.35 bits per heavy atom. The molecule has 1 fully saturated rings.